The van der Waals surface area contributed by atoms with Gasteiger partial charge in [-0.05, 0) is 42.9 Å². The summed E-state index contributed by atoms with van der Waals surface area (Å²) >= 11 is 0. The number of hydrogen-bond donors (Lipinski definition) is 0. The van der Waals surface area contributed by atoms with Crippen LogP contribution in [0, 0.1) is 11.8 Å². The second kappa shape index (κ2) is 7.41. The Morgan fingerprint density at radius 1 is 0.857 bits per heavy atom. The molecule has 0 bridgehead atoms. The minimum Gasteiger partial charge on any atom is -0.339 e. The zero-order valence-corrected chi connectivity index (χ0v) is 15.8. The number of hydrogen-bond acceptors (Lipinski definition) is 2. The third-order valence-electron chi connectivity index (χ3n) is 6.38. The van der Waals surface area contributed by atoms with E-state index in [1.807, 2.05) is 9.80 Å². The van der Waals surface area contributed by atoms with Gasteiger partial charge in [0.25, 0.3) is 0 Å². The lowest BCUT2D eigenvalue weighted by Crippen LogP contribution is -2.52. The van der Waals surface area contributed by atoms with Gasteiger partial charge in [0, 0.05) is 38.0 Å². The first-order valence-corrected chi connectivity index (χ1v) is 10.1. The Morgan fingerprint density at radius 3 is 1.93 bits per heavy atom. The van der Waals surface area contributed by atoms with Crippen LogP contribution in [0.25, 0.3) is 0 Å². The van der Waals surface area contributed by atoms with Crippen LogP contribution in [-0.2, 0) is 15.8 Å². The number of halogens is 3. The van der Waals surface area contributed by atoms with Gasteiger partial charge in [0.15, 0.2) is 0 Å². The van der Waals surface area contributed by atoms with Crippen molar-refractivity contribution in [3.63, 3.8) is 0 Å². The summed E-state index contributed by atoms with van der Waals surface area (Å²) in [4.78, 5) is 28.9. The second-order valence-electron chi connectivity index (χ2n) is 8.20. The molecule has 1 aliphatic heterocycles. The van der Waals surface area contributed by atoms with Crippen molar-refractivity contribution >= 4 is 11.8 Å². The Balaban J connectivity index is 1.29. The van der Waals surface area contributed by atoms with E-state index in [9.17, 15) is 22.8 Å². The highest BCUT2D eigenvalue weighted by molar-refractivity contribution is 5.84. The van der Waals surface area contributed by atoms with Gasteiger partial charge in [-0.1, -0.05) is 25.0 Å². The minimum atomic E-state index is -4.34. The number of piperazine rings is 1. The van der Waals surface area contributed by atoms with Crippen LogP contribution in [0.1, 0.15) is 49.1 Å². The monoisotopic (exact) mass is 394 g/mol. The molecule has 0 N–H and O–H groups in total. The van der Waals surface area contributed by atoms with Crippen molar-refractivity contribution in [2.24, 2.45) is 11.8 Å². The third kappa shape index (κ3) is 3.89. The number of carbonyl (C=O) groups excluding carboxylic acids is 2. The van der Waals surface area contributed by atoms with Gasteiger partial charge in [-0.2, -0.15) is 13.2 Å². The maximum atomic E-state index is 12.7. The molecule has 1 aromatic rings. The van der Waals surface area contributed by atoms with E-state index in [4.69, 9.17) is 0 Å². The number of alkyl halides is 3. The van der Waals surface area contributed by atoms with E-state index in [-0.39, 0.29) is 29.6 Å². The average Bonchev–Trinajstić information content (AvgIpc) is 3.30. The molecule has 28 heavy (non-hydrogen) atoms. The highest BCUT2D eigenvalue weighted by Crippen LogP contribution is 2.49. The molecule has 2 unspecified atom stereocenters. The summed E-state index contributed by atoms with van der Waals surface area (Å²) in [5, 5.41) is 0. The van der Waals surface area contributed by atoms with E-state index < -0.39 is 11.7 Å². The van der Waals surface area contributed by atoms with Crippen molar-refractivity contribution in [1.82, 2.24) is 9.80 Å². The fraction of sp³-hybridized carbons (Fsp3) is 0.619. The first-order chi connectivity index (χ1) is 13.3. The number of amides is 2. The fourth-order valence-corrected chi connectivity index (χ4v) is 4.57. The Bertz CT molecular complexity index is 733. The molecular weight excluding hydrogens is 369 g/mol. The first kappa shape index (κ1) is 19.3. The lowest BCUT2D eigenvalue weighted by molar-refractivity contribution is -0.142. The van der Waals surface area contributed by atoms with Crippen LogP contribution < -0.4 is 0 Å². The molecule has 4 nitrogen and oxygen atoms in total. The summed E-state index contributed by atoms with van der Waals surface area (Å²) in [6.45, 7) is 2.26. The van der Waals surface area contributed by atoms with Gasteiger partial charge in [0.05, 0.1) is 5.56 Å². The molecule has 7 heteroatoms. The summed E-state index contributed by atoms with van der Waals surface area (Å²) in [5.74, 6) is 0.327. The van der Waals surface area contributed by atoms with Crippen LogP contribution >= 0.6 is 0 Å². The number of benzene rings is 1. The van der Waals surface area contributed by atoms with Crippen LogP contribution in [-0.4, -0.2) is 47.8 Å². The predicted molar refractivity (Wildman–Crippen MR) is 97.4 cm³/mol. The summed E-state index contributed by atoms with van der Waals surface area (Å²) in [6.07, 6.45) is 0.561. The van der Waals surface area contributed by atoms with Crippen molar-refractivity contribution in [2.75, 3.05) is 26.2 Å². The molecule has 2 atom stereocenters. The highest BCUT2D eigenvalue weighted by atomic mass is 19.4. The van der Waals surface area contributed by atoms with Gasteiger partial charge in [-0.25, -0.2) is 0 Å². The quantitative estimate of drug-likeness (QED) is 0.785. The molecule has 1 saturated heterocycles. The topological polar surface area (TPSA) is 40.6 Å². The Labute approximate surface area is 162 Å². The van der Waals surface area contributed by atoms with Crippen molar-refractivity contribution in [3.05, 3.63) is 35.4 Å². The van der Waals surface area contributed by atoms with E-state index >= 15 is 0 Å². The van der Waals surface area contributed by atoms with Gasteiger partial charge in [-0.3, -0.25) is 9.59 Å². The molecule has 3 fully saturated rings. The highest BCUT2D eigenvalue weighted by Gasteiger charge is 2.46. The summed E-state index contributed by atoms with van der Waals surface area (Å²) < 4.78 is 38.0. The Morgan fingerprint density at radius 2 is 1.39 bits per heavy atom. The molecular formula is C21H25F3N2O2. The van der Waals surface area contributed by atoms with E-state index in [1.165, 1.54) is 12.1 Å². The Hall–Kier alpha value is -2.05. The van der Waals surface area contributed by atoms with Crippen LogP contribution in [0.4, 0.5) is 13.2 Å². The van der Waals surface area contributed by atoms with Gasteiger partial charge in [-0.15, -0.1) is 0 Å². The van der Waals surface area contributed by atoms with Gasteiger partial charge >= 0.3 is 6.18 Å². The van der Waals surface area contributed by atoms with Gasteiger partial charge in [0.2, 0.25) is 11.8 Å². The maximum absolute atomic E-state index is 12.7. The van der Waals surface area contributed by atoms with E-state index in [2.05, 4.69) is 0 Å². The first-order valence-electron chi connectivity index (χ1n) is 10.1. The largest absolute Gasteiger partial charge is 0.416 e. The molecule has 3 aliphatic rings. The van der Waals surface area contributed by atoms with Crippen LogP contribution in [0.3, 0.4) is 0 Å². The third-order valence-corrected chi connectivity index (χ3v) is 6.38. The molecule has 0 spiro atoms. The van der Waals surface area contributed by atoms with E-state index in [1.54, 1.807) is 0 Å². The van der Waals surface area contributed by atoms with E-state index in [0.29, 0.717) is 32.6 Å². The smallest absolute Gasteiger partial charge is 0.339 e. The summed E-state index contributed by atoms with van der Waals surface area (Å²) in [7, 11) is 0. The normalized spacial score (nSPS) is 25.8. The van der Waals surface area contributed by atoms with Crippen LogP contribution in [0.15, 0.2) is 24.3 Å². The zero-order chi connectivity index (χ0) is 19.9. The fourth-order valence-electron chi connectivity index (χ4n) is 4.57. The molecule has 1 heterocycles. The van der Waals surface area contributed by atoms with E-state index in [0.717, 1.165) is 43.4 Å². The standard InChI is InChI=1S/C21H25F3N2O2/c22-21(23,24)16-7-5-14(6-8-16)17-13-18(17)20(28)26-11-9-25(10-12-26)19(27)15-3-1-2-4-15/h5-8,15,17-18H,1-4,9-13H2. The molecule has 2 saturated carbocycles. The SMILES string of the molecule is O=C(C1CCCC1)N1CCN(C(=O)C2CC2c2ccc(C(F)(F)F)cc2)CC1. The average molecular weight is 394 g/mol. The van der Waals surface area contributed by atoms with Crippen molar-refractivity contribution in [3.8, 4) is 0 Å². The van der Waals surface area contributed by atoms with Gasteiger partial charge in [0.1, 0.15) is 0 Å². The Kier molecular flexibility index (Phi) is 5.10. The molecule has 152 valence electrons. The van der Waals surface area contributed by atoms with Crippen LogP contribution in [0.2, 0.25) is 0 Å². The number of carbonyl (C=O) groups is 2. The summed E-state index contributed by atoms with van der Waals surface area (Å²) in [6, 6.07) is 5.14. The minimum absolute atomic E-state index is 0.00735. The summed E-state index contributed by atoms with van der Waals surface area (Å²) in [5.41, 5.74) is 0.129. The number of rotatable bonds is 3. The second-order valence-corrected chi connectivity index (χ2v) is 8.20. The van der Waals surface area contributed by atoms with Crippen molar-refractivity contribution < 1.29 is 22.8 Å². The van der Waals surface area contributed by atoms with Gasteiger partial charge < -0.3 is 9.80 Å². The maximum Gasteiger partial charge on any atom is 0.416 e. The van der Waals surface area contributed by atoms with Crippen molar-refractivity contribution in [2.45, 2.75) is 44.2 Å². The lowest BCUT2D eigenvalue weighted by atomic mass is 10.1. The number of nitrogens with zero attached hydrogens (tertiary/aromatic N) is 2. The molecule has 0 radical (unpaired) electrons. The zero-order valence-electron chi connectivity index (χ0n) is 15.8. The molecule has 0 aromatic heterocycles. The molecule has 1 aromatic carbocycles. The molecule has 4 rings (SSSR count). The molecule has 2 amide bonds. The van der Waals surface area contributed by atoms with Crippen LogP contribution in [0.5, 0.6) is 0 Å². The molecule has 2 aliphatic carbocycles. The van der Waals surface area contributed by atoms with Crippen molar-refractivity contribution in [1.29, 1.82) is 0 Å². The lowest BCUT2D eigenvalue weighted by Gasteiger charge is -2.36. The predicted octanol–water partition coefficient (Wildman–Crippen LogP) is 3.67.